The topological polar surface area (TPSA) is 63.8 Å². The van der Waals surface area contributed by atoms with Gasteiger partial charge in [-0.3, -0.25) is 0 Å². The molecule has 0 bridgehead atoms. The number of nitrogens with one attached hydrogen (secondary N) is 1. The molecule has 0 spiro atoms. The molecule has 0 saturated heterocycles. The molecular formula is C14H16N4. The third-order valence-corrected chi connectivity index (χ3v) is 3.36. The maximum absolute atomic E-state index is 5.65. The van der Waals surface area contributed by atoms with E-state index in [1.165, 1.54) is 11.1 Å². The molecule has 3 N–H and O–H groups in total. The van der Waals surface area contributed by atoms with Crippen molar-refractivity contribution in [2.24, 2.45) is 0 Å². The van der Waals surface area contributed by atoms with E-state index in [1.54, 1.807) is 12.3 Å². The minimum atomic E-state index is 0.390. The van der Waals surface area contributed by atoms with Crippen LogP contribution in [0.3, 0.4) is 0 Å². The highest BCUT2D eigenvalue weighted by molar-refractivity contribution is 5.38. The summed E-state index contributed by atoms with van der Waals surface area (Å²) >= 11 is 0. The lowest BCUT2D eigenvalue weighted by atomic mass is 9.88. The Morgan fingerprint density at radius 3 is 2.83 bits per heavy atom. The van der Waals surface area contributed by atoms with Crippen LogP contribution in [0.5, 0.6) is 0 Å². The normalized spacial score (nSPS) is 18.1. The van der Waals surface area contributed by atoms with Gasteiger partial charge in [0.25, 0.3) is 0 Å². The molecule has 3 rings (SSSR count). The number of anilines is 2. The van der Waals surface area contributed by atoms with Crippen LogP contribution in [-0.2, 0) is 12.8 Å². The number of benzene rings is 1. The van der Waals surface area contributed by atoms with Crippen LogP contribution in [0.15, 0.2) is 36.5 Å². The Balaban J connectivity index is 1.73. The van der Waals surface area contributed by atoms with Crippen LogP contribution in [-0.4, -0.2) is 16.0 Å². The van der Waals surface area contributed by atoms with Gasteiger partial charge in [0.15, 0.2) is 0 Å². The van der Waals surface area contributed by atoms with E-state index in [0.717, 1.165) is 19.3 Å². The van der Waals surface area contributed by atoms with Crippen molar-refractivity contribution in [3.05, 3.63) is 47.7 Å². The van der Waals surface area contributed by atoms with Crippen LogP contribution in [0.25, 0.3) is 0 Å². The Morgan fingerprint density at radius 2 is 2.00 bits per heavy atom. The second kappa shape index (κ2) is 4.64. The monoisotopic (exact) mass is 240 g/mol. The van der Waals surface area contributed by atoms with E-state index >= 15 is 0 Å². The first-order valence-electron chi connectivity index (χ1n) is 6.23. The van der Waals surface area contributed by atoms with Crippen molar-refractivity contribution >= 4 is 11.8 Å². The molecule has 1 atom stereocenters. The van der Waals surface area contributed by atoms with E-state index in [0.29, 0.717) is 17.8 Å². The van der Waals surface area contributed by atoms with E-state index in [9.17, 15) is 0 Å². The summed E-state index contributed by atoms with van der Waals surface area (Å²) in [7, 11) is 0. The fourth-order valence-corrected chi connectivity index (χ4v) is 2.45. The molecule has 4 nitrogen and oxygen atoms in total. The average molecular weight is 240 g/mol. The fourth-order valence-electron chi connectivity index (χ4n) is 2.45. The van der Waals surface area contributed by atoms with Crippen molar-refractivity contribution in [3.8, 4) is 0 Å². The number of nitrogen functional groups attached to an aromatic ring is 1. The van der Waals surface area contributed by atoms with Crippen LogP contribution in [0.1, 0.15) is 17.5 Å². The predicted octanol–water partition coefficient (Wildman–Crippen LogP) is 2.03. The molecule has 18 heavy (non-hydrogen) atoms. The molecule has 1 aliphatic rings. The zero-order chi connectivity index (χ0) is 12.4. The zero-order valence-electron chi connectivity index (χ0n) is 10.1. The van der Waals surface area contributed by atoms with Gasteiger partial charge in [-0.1, -0.05) is 24.3 Å². The first kappa shape index (κ1) is 11.0. The fraction of sp³-hybridized carbons (Fsp3) is 0.286. The maximum atomic E-state index is 5.65. The molecule has 0 fully saturated rings. The highest BCUT2D eigenvalue weighted by atomic mass is 15.1. The van der Waals surface area contributed by atoms with Gasteiger partial charge in [0.1, 0.15) is 5.82 Å². The van der Waals surface area contributed by atoms with Crippen LogP contribution in [0, 0.1) is 0 Å². The molecule has 0 saturated carbocycles. The summed E-state index contributed by atoms with van der Waals surface area (Å²) in [6, 6.07) is 10.7. The highest BCUT2D eigenvalue weighted by Gasteiger charge is 2.18. The van der Waals surface area contributed by atoms with E-state index < -0.39 is 0 Å². The third-order valence-electron chi connectivity index (χ3n) is 3.36. The van der Waals surface area contributed by atoms with Gasteiger partial charge in [-0.2, -0.15) is 4.98 Å². The van der Waals surface area contributed by atoms with Crippen molar-refractivity contribution in [2.45, 2.75) is 25.3 Å². The molecule has 1 heterocycles. The van der Waals surface area contributed by atoms with E-state index in [1.807, 2.05) is 0 Å². The molecule has 4 heteroatoms. The Kier molecular flexibility index (Phi) is 2.84. The van der Waals surface area contributed by atoms with E-state index in [4.69, 9.17) is 5.73 Å². The molecule has 1 aromatic carbocycles. The smallest absolute Gasteiger partial charge is 0.224 e. The molecule has 1 aromatic heterocycles. The summed E-state index contributed by atoms with van der Waals surface area (Å²) in [4.78, 5) is 8.37. The quantitative estimate of drug-likeness (QED) is 0.843. The van der Waals surface area contributed by atoms with Crippen molar-refractivity contribution in [1.29, 1.82) is 0 Å². The van der Waals surface area contributed by atoms with Gasteiger partial charge in [-0.05, 0) is 36.5 Å². The number of nitrogens with two attached hydrogens (primary N) is 1. The number of hydrogen-bond donors (Lipinski definition) is 2. The standard InChI is InChI=1S/C14H16N4/c15-13-7-8-16-14(18-13)17-12-6-5-10-3-1-2-4-11(10)9-12/h1-4,7-8,12H,5-6,9H2,(H3,15,16,17,18). The van der Waals surface area contributed by atoms with Crippen LogP contribution >= 0.6 is 0 Å². The molecular weight excluding hydrogens is 224 g/mol. The second-order valence-corrected chi connectivity index (χ2v) is 4.66. The van der Waals surface area contributed by atoms with Crippen molar-refractivity contribution in [3.63, 3.8) is 0 Å². The number of hydrogen-bond acceptors (Lipinski definition) is 4. The summed E-state index contributed by atoms with van der Waals surface area (Å²) in [5, 5.41) is 3.36. The number of rotatable bonds is 2. The number of fused-ring (bicyclic) bond motifs is 1. The second-order valence-electron chi connectivity index (χ2n) is 4.66. The van der Waals surface area contributed by atoms with E-state index in [2.05, 4.69) is 39.6 Å². The van der Waals surface area contributed by atoms with Crippen molar-refractivity contribution < 1.29 is 0 Å². The van der Waals surface area contributed by atoms with Gasteiger partial charge < -0.3 is 11.1 Å². The number of nitrogens with zero attached hydrogens (tertiary/aromatic N) is 2. The number of aryl methyl sites for hydroxylation is 1. The number of aromatic nitrogens is 2. The molecule has 0 aliphatic heterocycles. The zero-order valence-corrected chi connectivity index (χ0v) is 10.1. The molecule has 1 aliphatic carbocycles. The first-order valence-corrected chi connectivity index (χ1v) is 6.23. The van der Waals surface area contributed by atoms with Crippen molar-refractivity contribution in [2.75, 3.05) is 11.1 Å². The SMILES string of the molecule is Nc1ccnc(NC2CCc3ccccc3C2)n1. The molecule has 92 valence electrons. The minimum absolute atomic E-state index is 0.390. The highest BCUT2D eigenvalue weighted by Crippen LogP contribution is 2.22. The van der Waals surface area contributed by atoms with Gasteiger partial charge in [-0.15, -0.1) is 0 Å². The van der Waals surface area contributed by atoms with Gasteiger partial charge in [0.2, 0.25) is 5.95 Å². The molecule has 0 radical (unpaired) electrons. The summed E-state index contributed by atoms with van der Waals surface area (Å²) < 4.78 is 0. The summed E-state index contributed by atoms with van der Waals surface area (Å²) in [6.45, 7) is 0. The van der Waals surface area contributed by atoms with Gasteiger partial charge in [-0.25, -0.2) is 4.98 Å². The largest absolute Gasteiger partial charge is 0.384 e. The summed E-state index contributed by atoms with van der Waals surface area (Å²) in [5.41, 5.74) is 8.53. The lowest BCUT2D eigenvalue weighted by Crippen LogP contribution is -2.28. The van der Waals surface area contributed by atoms with Crippen LogP contribution < -0.4 is 11.1 Å². The van der Waals surface area contributed by atoms with Gasteiger partial charge in [0, 0.05) is 12.2 Å². The lowest BCUT2D eigenvalue weighted by Gasteiger charge is -2.25. The van der Waals surface area contributed by atoms with Gasteiger partial charge >= 0.3 is 0 Å². The minimum Gasteiger partial charge on any atom is -0.384 e. The maximum Gasteiger partial charge on any atom is 0.224 e. The van der Waals surface area contributed by atoms with Gasteiger partial charge in [0.05, 0.1) is 0 Å². The lowest BCUT2D eigenvalue weighted by molar-refractivity contribution is 0.606. The van der Waals surface area contributed by atoms with Crippen LogP contribution in [0.4, 0.5) is 11.8 Å². The first-order chi connectivity index (χ1) is 8.81. The summed E-state index contributed by atoms with van der Waals surface area (Å²) in [5.74, 6) is 1.13. The van der Waals surface area contributed by atoms with Crippen molar-refractivity contribution in [1.82, 2.24) is 9.97 Å². The Bertz CT molecular complexity index is 553. The Hall–Kier alpha value is -2.10. The van der Waals surface area contributed by atoms with E-state index in [-0.39, 0.29) is 0 Å². The molecule has 0 amide bonds. The summed E-state index contributed by atoms with van der Waals surface area (Å²) in [6.07, 6.45) is 4.92. The predicted molar refractivity (Wildman–Crippen MR) is 72.3 cm³/mol. The Labute approximate surface area is 106 Å². The average Bonchev–Trinajstić information content (AvgIpc) is 2.39. The van der Waals surface area contributed by atoms with Crippen LogP contribution in [0.2, 0.25) is 0 Å². The molecule has 1 unspecified atom stereocenters. The Morgan fingerprint density at radius 1 is 1.17 bits per heavy atom. The molecule has 2 aromatic rings. The third kappa shape index (κ3) is 2.27.